The number of carbonyl (C=O) groups is 1. The van der Waals surface area contributed by atoms with Crippen molar-refractivity contribution in [2.45, 2.75) is 6.42 Å². The largest absolute Gasteiger partial charge is 0.396 e. The number of aromatic amines is 1. The van der Waals surface area contributed by atoms with E-state index in [9.17, 15) is 4.79 Å². The molecular formula is C12H12N2O2. The molecule has 0 aliphatic heterocycles. The van der Waals surface area contributed by atoms with Crippen LogP contribution in [0.1, 0.15) is 21.9 Å². The average molecular weight is 216 g/mol. The van der Waals surface area contributed by atoms with E-state index in [1.165, 1.54) is 0 Å². The summed E-state index contributed by atoms with van der Waals surface area (Å²) in [5.41, 5.74) is 1.37. The number of hydrogen-bond acceptors (Lipinski definition) is 3. The van der Waals surface area contributed by atoms with Crippen LogP contribution in [0.2, 0.25) is 0 Å². The van der Waals surface area contributed by atoms with Gasteiger partial charge in [0, 0.05) is 30.5 Å². The maximum absolute atomic E-state index is 11.9. The van der Waals surface area contributed by atoms with E-state index in [0.717, 1.165) is 5.69 Å². The van der Waals surface area contributed by atoms with E-state index in [1.54, 1.807) is 18.3 Å². The number of aliphatic hydroxyl groups is 1. The van der Waals surface area contributed by atoms with Crippen LogP contribution in [-0.2, 0) is 6.42 Å². The lowest BCUT2D eigenvalue weighted by molar-refractivity contribution is 0.103. The molecule has 2 rings (SSSR count). The highest BCUT2D eigenvalue weighted by Crippen LogP contribution is 2.07. The fourth-order valence-electron chi connectivity index (χ4n) is 1.45. The molecule has 0 aliphatic carbocycles. The number of carbonyl (C=O) groups excluding carboxylic acids is 1. The van der Waals surface area contributed by atoms with Crippen LogP contribution < -0.4 is 0 Å². The number of nitrogens with one attached hydrogen (secondary N) is 1. The van der Waals surface area contributed by atoms with Gasteiger partial charge in [0.15, 0.2) is 5.82 Å². The molecule has 16 heavy (non-hydrogen) atoms. The molecule has 2 aromatic rings. The number of benzene rings is 1. The molecule has 0 saturated heterocycles. The molecule has 0 fully saturated rings. The summed E-state index contributed by atoms with van der Waals surface area (Å²) in [6, 6.07) is 8.97. The Balaban J connectivity index is 2.21. The normalized spacial score (nSPS) is 10.3. The predicted molar refractivity (Wildman–Crippen MR) is 59.3 cm³/mol. The van der Waals surface area contributed by atoms with Gasteiger partial charge in [-0.1, -0.05) is 30.3 Å². The highest BCUT2D eigenvalue weighted by Gasteiger charge is 2.11. The van der Waals surface area contributed by atoms with Crippen LogP contribution in [0.4, 0.5) is 0 Å². The Morgan fingerprint density at radius 2 is 2.06 bits per heavy atom. The van der Waals surface area contributed by atoms with E-state index in [2.05, 4.69) is 9.97 Å². The van der Waals surface area contributed by atoms with Crippen molar-refractivity contribution in [1.29, 1.82) is 0 Å². The summed E-state index contributed by atoms with van der Waals surface area (Å²) in [5, 5.41) is 8.75. The lowest BCUT2D eigenvalue weighted by Gasteiger charge is -1.96. The summed E-state index contributed by atoms with van der Waals surface area (Å²) < 4.78 is 0. The Kier molecular flexibility index (Phi) is 3.12. The molecule has 0 spiro atoms. The van der Waals surface area contributed by atoms with E-state index >= 15 is 0 Å². The molecule has 0 atom stereocenters. The smallest absolute Gasteiger partial charge is 0.228 e. The molecule has 1 aromatic heterocycles. The van der Waals surface area contributed by atoms with Crippen molar-refractivity contribution in [3.63, 3.8) is 0 Å². The van der Waals surface area contributed by atoms with Crippen molar-refractivity contribution in [3.8, 4) is 0 Å². The lowest BCUT2D eigenvalue weighted by Crippen LogP contribution is -2.03. The number of H-pyrrole nitrogens is 1. The summed E-state index contributed by atoms with van der Waals surface area (Å²) in [5.74, 6) is 0.180. The Labute approximate surface area is 93.0 Å². The molecule has 1 heterocycles. The SMILES string of the molecule is O=C(c1ccccc1)c1ncc(CCO)[nH]1. The van der Waals surface area contributed by atoms with Gasteiger partial charge in [-0.15, -0.1) is 0 Å². The summed E-state index contributed by atoms with van der Waals surface area (Å²) in [6.45, 7) is 0.0428. The van der Waals surface area contributed by atoms with Gasteiger partial charge in [-0.25, -0.2) is 4.98 Å². The van der Waals surface area contributed by atoms with E-state index in [-0.39, 0.29) is 12.4 Å². The molecule has 4 nitrogen and oxygen atoms in total. The van der Waals surface area contributed by atoms with Gasteiger partial charge < -0.3 is 10.1 Å². The third-order valence-electron chi connectivity index (χ3n) is 2.26. The molecule has 2 N–H and O–H groups in total. The van der Waals surface area contributed by atoms with Crippen molar-refractivity contribution >= 4 is 5.78 Å². The standard InChI is InChI=1S/C12H12N2O2/c15-7-6-10-8-13-12(14-10)11(16)9-4-2-1-3-5-9/h1-5,8,15H,6-7H2,(H,13,14). The lowest BCUT2D eigenvalue weighted by atomic mass is 10.1. The second kappa shape index (κ2) is 4.72. The summed E-state index contributed by atoms with van der Waals surface area (Å²) in [6.07, 6.45) is 2.06. The van der Waals surface area contributed by atoms with Crippen LogP contribution in [0.5, 0.6) is 0 Å². The topological polar surface area (TPSA) is 66.0 Å². The van der Waals surface area contributed by atoms with E-state index < -0.39 is 0 Å². The van der Waals surface area contributed by atoms with Gasteiger partial charge in [0.2, 0.25) is 5.78 Å². The van der Waals surface area contributed by atoms with Gasteiger partial charge in [-0.2, -0.15) is 0 Å². The van der Waals surface area contributed by atoms with Gasteiger partial charge >= 0.3 is 0 Å². The molecule has 0 saturated carbocycles. The first kappa shape index (κ1) is 10.6. The number of hydrogen-bond donors (Lipinski definition) is 2. The number of aliphatic hydroxyl groups excluding tert-OH is 1. The summed E-state index contributed by atoms with van der Waals surface area (Å²) in [4.78, 5) is 18.8. The number of aromatic nitrogens is 2. The van der Waals surface area contributed by atoms with Crippen molar-refractivity contribution < 1.29 is 9.90 Å². The zero-order chi connectivity index (χ0) is 11.4. The Hall–Kier alpha value is -1.94. The molecule has 1 aromatic carbocycles. The Bertz CT molecular complexity index is 477. The maximum atomic E-state index is 11.9. The summed E-state index contributed by atoms with van der Waals surface area (Å²) in [7, 11) is 0. The van der Waals surface area contributed by atoms with Gasteiger partial charge in [0.1, 0.15) is 0 Å². The minimum absolute atomic E-state index is 0.0428. The Morgan fingerprint density at radius 1 is 1.31 bits per heavy atom. The summed E-state index contributed by atoms with van der Waals surface area (Å²) >= 11 is 0. The van der Waals surface area contributed by atoms with Crippen molar-refractivity contribution in [2.75, 3.05) is 6.61 Å². The number of imidazole rings is 1. The second-order valence-corrected chi connectivity index (χ2v) is 3.43. The highest BCUT2D eigenvalue weighted by molar-refractivity contribution is 6.06. The third-order valence-corrected chi connectivity index (χ3v) is 2.26. The zero-order valence-electron chi connectivity index (χ0n) is 8.68. The van der Waals surface area contributed by atoms with Gasteiger partial charge in [-0.3, -0.25) is 4.79 Å². The van der Waals surface area contributed by atoms with E-state index in [4.69, 9.17) is 5.11 Å². The molecule has 0 amide bonds. The molecule has 0 unspecified atom stereocenters. The van der Waals surface area contributed by atoms with E-state index in [0.29, 0.717) is 17.8 Å². The first-order valence-electron chi connectivity index (χ1n) is 5.06. The van der Waals surface area contributed by atoms with Crippen LogP contribution in [0.25, 0.3) is 0 Å². The molecular weight excluding hydrogens is 204 g/mol. The third kappa shape index (κ3) is 2.17. The fourth-order valence-corrected chi connectivity index (χ4v) is 1.45. The van der Waals surface area contributed by atoms with Crippen molar-refractivity contribution in [3.05, 3.63) is 53.6 Å². The molecule has 0 bridgehead atoms. The fraction of sp³-hybridized carbons (Fsp3) is 0.167. The molecule has 4 heteroatoms. The predicted octanol–water partition coefficient (Wildman–Crippen LogP) is 1.18. The maximum Gasteiger partial charge on any atom is 0.228 e. The van der Waals surface area contributed by atoms with Gasteiger partial charge in [0.05, 0.1) is 0 Å². The second-order valence-electron chi connectivity index (χ2n) is 3.43. The zero-order valence-corrected chi connectivity index (χ0v) is 8.68. The van der Waals surface area contributed by atoms with Crippen molar-refractivity contribution in [1.82, 2.24) is 9.97 Å². The molecule has 82 valence electrons. The average Bonchev–Trinajstić information content (AvgIpc) is 2.78. The van der Waals surface area contributed by atoms with Crippen LogP contribution in [0, 0.1) is 0 Å². The quantitative estimate of drug-likeness (QED) is 0.754. The first-order chi connectivity index (χ1) is 7.81. The minimum Gasteiger partial charge on any atom is -0.396 e. The van der Waals surface area contributed by atoms with Crippen LogP contribution >= 0.6 is 0 Å². The Morgan fingerprint density at radius 3 is 2.75 bits per heavy atom. The van der Waals surface area contributed by atoms with Crippen LogP contribution in [0.3, 0.4) is 0 Å². The molecule has 0 radical (unpaired) electrons. The van der Waals surface area contributed by atoms with E-state index in [1.807, 2.05) is 18.2 Å². The number of rotatable bonds is 4. The van der Waals surface area contributed by atoms with Gasteiger partial charge in [-0.05, 0) is 0 Å². The molecule has 0 aliphatic rings. The minimum atomic E-state index is -0.134. The first-order valence-corrected chi connectivity index (χ1v) is 5.06. The van der Waals surface area contributed by atoms with Crippen molar-refractivity contribution in [2.24, 2.45) is 0 Å². The van der Waals surface area contributed by atoms with Crippen LogP contribution in [0.15, 0.2) is 36.5 Å². The monoisotopic (exact) mass is 216 g/mol. The highest BCUT2D eigenvalue weighted by atomic mass is 16.3. The van der Waals surface area contributed by atoms with Gasteiger partial charge in [0.25, 0.3) is 0 Å². The van der Waals surface area contributed by atoms with Crippen LogP contribution in [-0.4, -0.2) is 27.5 Å². The number of nitrogens with zero attached hydrogens (tertiary/aromatic N) is 1. The number of ketones is 1.